The molecule has 0 aliphatic heterocycles. The molecule has 0 fully saturated rings. The molecule has 1 aromatic heterocycles. The van der Waals surface area contributed by atoms with Crippen LogP contribution in [-0.4, -0.2) is 9.67 Å². The summed E-state index contributed by atoms with van der Waals surface area (Å²) in [6.07, 6.45) is 5.37. The highest BCUT2D eigenvalue weighted by Crippen LogP contribution is 2.23. The molecule has 0 spiro atoms. The van der Waals surface area contributed by atoms with Crippen molar-refractivity contribution in [1.82, 2.24) is 4.57 Å². The third-order valence-corrected chi connectivity index (χ3v) is 3.93. The maximum absolute atomic E-state index is 9.95. The second kappa shape index (κ2) is 6.60. The summed E-state index contributed by atoms with van der Waals surface area (Å²) in [5, 5.41) is 10.7. The summed E-state index contributed by atoms with van der Waals surface area (Å²) in [5.41, 5.74) is 2.03. The minimum absolute atomic E-state index is 0.369. The summed E-state index contributed by atoms with van der Waals surface area (Å²) in [4.78, 5) is 0. The summed E-state index contributed by atoms with van der Waals surface area (Å²) >= 11 is 9.60. The lowest BCUT2D eigenvalue weighted by Gasteiger charge is -2.08. The first-order valence-electron chi connectivity index (χ1n) is 6.38. The van der Waals surface area contributed by atoms with Gasteiger partial charge in [-0.25, -0.2) is 0 Å². The molecular weight excluding hydrogens is 326 g/mol. The van der Waals surface area contributed by atoms with Crippen LogP contribution in [0.2, 0.25) is 5.02 Å². The molecular formula is C15H17BrClNO. The van der Waals surface area contributed by atoms with Gasteiger partial charge in [-0.05, 0) is 35.7 Å². The van der Waals surface area contributed by atoms with Crippen molar-refractivity contribution in [3.05, 3.63) is 57.3 Å². The minimum Gasteiger partial charge on any atom is -0.388 e. The first kappa shape index (κ1) is 14.6. The molecule has 0 radical (unpaired) electrons. The molecule has 2 aromatic rings. The minimum atomic E-state index is -0.369. The molecule has 0 aliphatic rings. The fraction of sp³-hybridized carbons (Fsp3) is 0.333. The van der Waals surface area contributed by atoms with Gasteiger partial charge in [0.2, 0.25) is 0 Å². The Morgan fingerprint density at radius 1 is 1.37 bits per heavy atom. The number of halogens is 2. The average molecular weight is 343 g/mol. The molecule has 19 heavy (non-hydrogen) atoms. The van der Waals surface area contributed by atoms with E-state index in [1.807, 2.05) is 41.2 Å². The van der Waals surface area contributed by atoms with Crippen molar-refractivity contribution in [3.8, 4) is 0 Å². The smallest absolute Gasteiger partial charge is 0.0804 e. The van der Waals surface area contributed by atoms with E-state index in [0.717, 1.165) is 33.5 Å². The van der Waals surface area contributed by atoms with Crippen molar-refractivity contribution < 1.29 is 5.11 Å². The number of aliphatic hydroxyl groups excluding tert-OH is 1. The van der Waals surface area contributed by atoms with Gasteiger partial charge in [0.15, 0.2) is 0 Å². The topological polar surface area (TPSA) is 25.2 Å². The lowest BCUT2D eigenvalue weighted by atomic mass is 10.1. The van der Waals surface area contributed by atoms with Crippen LogP contribution >= 0.6 is 27.5 Å². The van der Waals surface area contributed by atoms with Gasteiger partial charge in [-0.1, -0.05) is 46.9 Å². The van der Waals surface area contributed by atoms with Crippen LogP contribution in [0.4, 0.5) is 0 Å². The van der Waals surface area contributed by atoms with Gasteiger partial charge in [0.25, 0.3) is 0 Å². The van der Waals surface area contributed by atoms with Crippen LogP contribution in [-0.2, 0) is 6.54 Å². The van der Waals surface area contributed by atoms with Gasteiger partial charge in [-0.2, -0.15) is 0 Å². The quantitative estimate of drug-likeness (QED) is 0.830. The summed E-state index contributed by atoms with van der Waals surface area (Å²) in [7, 11) is 0. The van der Waals surface area contributed by atoms with E-state index in [1.54, 1.807) is 0 Å². The fourth-order valence-electron chi connectivity index (χ4n) is 2.04. The number of nitrogens with zero attached hydrogens (tertiary/aromatic N) is 1. The van der Waals surface area contributed by atoms with Crippen LogP contribution in [0.25, 0.3) is 0 Å². The van der Waals surface area contributed by atoms with E-state index in [-0.39, 0.29) is 6.10 Å². The summed E-state index contributed by atoms with van der Waals surface area (Å²) < 4.78 is 3.02. The standard InChI is InChI=1S/C15H17BrClNO/c1-2-3-15(19)12-6-7-18(10-12)9-11-4-5-13(16)8-14(11)17/h4-8,10,15,19H,2-3,9H2,1H3. The Morgan fingerprint density at radius 2 is 2.16 bits per heavy atom. The first-order valence-corrected chi connectivity index (χ1v) is 7.55. The van der Waals surface area contributed by atoms with Gasteiger partial charge in [0, 0.05) is 28.4 Å². The molecule has 1 N–H and O–H groups in total. The fourth-order valence-corrected chi connectivity index (χ4v) is 2.77. The molecule has 1 aromatic carbocycles. The van der Waals surface area contributed by atoms with Crippen LogP contribution in [0, 0.1) is 0 Å². The molecule has 1 unspecified atom stereocenters. The Kier molecular flexibility index (Phi) is 5.08. The van der Waals surface area contributed by atoms with Crippen molar-refractivity contribution in [1.29, 1.82) is 0 Å². The van der Waals surface area contributed by atoms with Crippen molar-refractivity contribution >= 4 is 27.5 Å². The zero-order valence-corrected chi connectivity index (χ0v) is 13.2. The van der Waals surface area contributed by atoms with Crippen LogP contribution < -0.4 is 0 Å². The molecule has 0 saturated heterocycles. The van der Waals surface area contributed by atoms with E-state index < -0.39 is 0 Å². The molecule has 0 aliphatic carbocycles. The number of benzene rings is 1. The summed E-state index contributed by atoms with van der Waals surface area (Å²) in [6, 6.07) is 7.85. The monoisotopic (exact) mass is 341 g/mol. The average Bonchev–Trinajstić information content (AvgIpc) is 2.82. The molecule has 2 rings (SSSR count). The molecule has 0 bridgehead atoms. The van der Waals surface area contributed by atoms with Crippen LogP contribution in [0.15, 0.2) is 41.1 Å². The maximum atomic E-state index is 9.95. The highest BCUT2D eigenvalue weighted by molar-refractivity contribution is 9.10. The third-order valence-electron chi connectivity index (χ3n) is 3.09. The van der Waals surface area contributed by atoms with Gasteiger partial charge in [-0.3, -0.25) is 0 Å². The van der Waals surface area contributed by atoms with Crippen molar-refractivity contribution in [2.75, 3.05) is 0 Å². The van der Waals surface area contributed by atoms with Crippen molar-refractivity contribution in [2.24, 2.45) is 0 Å². The number of aromatic nitrogens is 1. The molecule has 102 valence electrons. The highest BCUT2D eigenvalue weighted by atomic mass is 79.9. The Morgan fingerprint density at radius 3 is 2.84 bits per heavy atom. The van der Waals surface area contributed by atoms with E-state index in [1.165, 1.54) is 0 Å². The molecule has 0 saturated carbocycles. The normalized spacial score (nSPS) is 12.6. The highest BCUT2D eigenvalue weighted by Gasteiger charge is 2.08. The van der Waals surface area contributed by atoms with Gasteiger partial charge in [0.1, 0.15) is 0 Å². The Hall–Kier alpha value is -0.770. The third kappa shape index (κ3) is 3.85. The molecule has 4 heteroatoms. The van der Waals surface area contributed by atoms with Gasteiger partial charge in [-0.15, -0.1) is 0 Å². The van der Waals surface area contributed by atoms with Crippen LogP contribution in [0.5, 0.6) is 0 Å². The first-order chi connectivity index (χ1) is 9.10. The van der Waals surface area contributed by atoms with Crippen molar-refractivity contribution in [2.45, 2.75) is 32.4 Å². The zero-order valence-electron chi connectivity index (χ0n) is 10.8. The second-order valence-corrected chi connectivity index (χ2v) is 5.98. The van der Waals surface area contributed by atoms with Crippen LogP contribution in [0.3, 0.4) is 0 Å². The van der Waals surface area contributed by atoms with Gasteiger partial charge < -0.3 is 9.67 Å². The van der Waals surface area contributed by atoms with E-state index >= 15 is 0 Å². The predicted molar refractivity (Wildman–Crippen MR) is 82.6 cm³/mol. The van der Waals surface area contributed by atoms with Gasteiger partial charge in [0.05, 0.1) is 6.10 Å². The summed E-state index contributed by atoms with van der Waals surface area (Å²) in [5.74, 6) is 0. The maximum Gasteiger partial charge on any atom is 0.0804 e. The SMILES string of the molecule is CCCC(O)c1ccn(Cc2ccc(Br)cc2Cl)c1. The molecule has 1 atom stereocenters. The van der Waals surface area contributed by atoms with Gasteiger partial charge >= 0.3 is 0 Å². The number of hydrogen-bond donors (Lipinski definition) is 1. The van der Waals surface area contributed by atoms with Crippen molar-refractivity contribution in [3.63, 3.8) is 0 Å². The predicted octanol–water partition coefficient (Wildman–Crippen LogP) is 4.79. The number of aliphatic hydroxyl groups is 1. The van der Waals surface area contributed by atoms with E-state index in [0.29, 0.717) is 6.54 Å². The Bertz CT molecular complexity index is 553. The lowest BCUT2D eigenvalue weighted by Crippen LogP contribution is -1.99. The zero-order chi connectivity index (χ0) is 13.8. The number of hydrogen-bond acceptors (Lipinski definition) is 1. The molecule has 2 nitrogen and oxygen atoms in total. The summed E-state index contributed by atoms with van der Waals surface area (Å²) in [6.45, 7) is 2.78. The second-order valence-electron chi connectivity index (χ2n) is 4.66. The van der Waals surface area contributed by atoms with E-state index in [4.69, 9.17) is 11.6 Å². The lowest BCUT2D eigenvalue weighted by molar-refractivity contribution is 0.166. The Balaban J connectivity index is 2.11. The molecule has 1 heterocycles. The number of rotatable bonds is 5. The largest absolute Gasteiger partial charge is 0.388 e. The Labute approximate surface area is 127 Å². The van der Waals surface area contributed by atoms with Crippen LogP contribution in [0.1, 0.15) is 37.0 Å². The van der Waals surface area contributed by atoms with E-state index in [9.17, 15) is 5.11 Å². The molecule has 0 amide bonds. The van der Waals surface area contributed by atoms with E-state index in [2.05, 4.69) is 22.9 Å².